The number of nitrogens with two attached hydrogens (primary N) is 1. The maximum Gasteiger partial charge on any atom is 0.243 e. The fourth-order valence-electron chi connectivity index (χ4n) is 0.798. The number of carbonyl (C=O) groups is 1. The number of amides is 1. The van der Waals surface area contributed by atoms with Gasteiger partial charge in [0.15, 0.2) is 0 Å². The monoisotopic (exact) mass is 220 g/mol. The van der Waals surface area contributed by atoms with Crippen molar-refractivity contribution in [3.8, 4) is 0 Å². The van der Waals surface area contributed by atoms with Crippen LogP contribution in [0, 0.1) is 0 Å². The van der Waals surface area contributed by atoms with Gasteiger partial charge in [0.2, 0.25) is 15.9 Å². The van der Waals surface area contributed by atoms with Crippen LogP contribution in [0.3, 0.4) is 0 Å². The van der Waals surface area contributed by atoms with E-state index in [0.717, 1.165) is 5.57 Å². The van der Waals surface area contributed by atoms with E-state index in [1.807, 2.05) is 13.8 Å². The van der Waals surface area contributed by atoms with Gasteiger partial charge in [-0.3, -0.25) is 4.79 Å². The van der Waals surface area contributed by atoms with Crippen molar-refractivity contribution in [1.82, 2.24) is 5.32 Å². The summed E-state index contributed by atoms with van der Waals surface area (Å²) in [5.74, 6) is -0.318. The van der Waals surface area contributed by atoms with E-state index in [1.165, 1.54) is 6.08 Å². The Balaban J connectivity index is 3.67. The highest BCUT2D eigenvalue weighted by molar-refractivity contribution is 7.89. The first-order chi connectivity index (χ1) is 6.31. The molecule has 14 heavy (non-hydrogen) atoms. The number of sulfonamides is 1. The molecule has 0 fully saturated rings. The highest BCUT2D eigenvalue weighted by atomic mass is 32.2. The van der Waals surface area contributed by atoms with Gasteiger partial charge in [0.05, 0.1) is 5.75 Å². The van der Waals surface area contributed by atoms with Crippen LogP contribution in [-0.2, 0) is 14.8 Å². The van der Waals surface area contributed by atoms with Crippen molar-refractivity contribution in [3.05, 3.63) is 11.6 Å². The van der Waals surface area contributed by atoms with Crippen LogP contribution >= 0.6 is 0 Å². The van der Waals surface area contributed by atoms with Crippen LogP contribution in [0.15, 0.2) is 11.6 Å². The van der Waals surface area contributed by atoms with E-state index in [4.69, 9.17) is 5.14 Å². The van der Waals surface area contributed by atoms with Crippen LogP contribution in [0.2, 0.25) is 0 Å². The highest BCUT2D eigenvalue weighted by Gasteiger charge is 2.02. The fourth-order valence-corrected chi connectivity index (χ4v) is 1.34. The molecule has 0 aliphatic rings. The zero-order valence-corrected chi connectivity index (χ0v) is 9.23. The lowest BCUT2D eigenvalue weighted by atomic mass is 10.3. The minimum Gasteiger partial charge on any atom is -0.353 e. The second-order valence-corrected chi connectivity index (χ2v) is 4.97. The van der Waals surface area contributed by atoms with Gasteiger partial charge in [-0.15, -0.1) is 0 Å². The molecule has 3 N–H and O–H groups in total. The van der Waals surface area contributed by atoms with Gasteiger partial charge in [-0.25, -0.2) is 13.6 Å². The minimum atomic E-state index is -3.41. The normalized spacial score (nSPS) is 10.8. The molecule has 0 saturated carbocycles. The van der Waals surface area contributed by atoms with Crippen LogP contribution in [0.1, 0.15) is 20.3 Å². The average Bonchev–Trinajstić information content (AvgIpc) is 1.95. The van der Waals surface area contributed by atoms with Gasteiger partial charge in [-0.05, 0) is 20.3 Å². The molecule has 6 heteroatoms. The van der Waals surface area contributed by atoms with Crippen molar-refractivity contribution in [2.45, 2.75) is 20.3 Å². The SMILES string of the molecule is CC(C)=CC(=O)NCCCS(N)(=O)=O. The lowest BCUT2D eigenvalue weighted by Gasteiger charge is -2.01. The number of rotatable bonds is 5. The Kier molecular flexibility index (Phi) is 5.40. The zero-order chi connectivity index (χ0) is 11.2. The van der Waals surface area contributed by atoms with E-state index in [0.29, 0.717) is 13.0 Å². The Morgan fingerprint density at radius 1 is 1.43 bits per heavy atom. The van der Waals surface area contributed by atoms with Crippen molar-refractivity contribution in [1.29, 1.82) is 0 Å². The molecule has 0 unspecified atom stereocenters. The second-order valence-electron chi connectivity index (χ2n) is 3.23. The average molecular weight is 220 g/mol. The van der Waals surface area contributed by atoms with E-state index < -0.39 is 10.0 Å². The summed E-state index contributed by atoms with van der Waals surface area (Å²) in [7, 11) is -3.41. The largest absolute Gasteiger partial charge is 0.353 e. The Morgan fingerprint density at radius 2 is 2.00 bits per heavy atom. The van der Waals surface area contributed by atoms with Crippen LogP contribution in [0.5, 0.6) is 0 Å². The number of allylic oxidation sites excluding steroid dienone is 1. The maximum atomic E-state index is 11.0. The first-order valence-corrected chi connectivity index (χ1v) is 5.96. The van der Waals surface area contributed by atoms with E-state index >= 15 is 0 Å². The molecule has 82 valence electrons. The van der Waals surface area contributed by atoms with Crippen molar-refractivity contribution in [2.75, 3.05) is 12.3 Å². The molecule has 1 amide bonds. The smallest absolute Gasteiger partial charge is 0.243 e. The van der Waals surface area contributed by atoms with Gasteiger partial charge < -0.3 is 5.32 Å². The maximum absolute atomic E-state index is 11.0. The third-order valence-corrected chi connectivity index (χ3v) is 2.18. The minimum absolute atomic E-state index is 0.109. The Bertz CT molecular complexity index is 315. The molecule has 0 heterocycles. The molecule has 0 radical (unpaired) electrons. The van der Waals surface area contributed by atoms with Crippen LogP contribution < -0.4 is 10.5 Å². The van der Waals surface area contributed by atoms with Crippen molar-refractivity contribution < 1.29 is 13.2 Å². The predicted molar refractivity (Wildman–Crippen MR) is 55.0 cm³/mol. The van der Waals surface area contributed by atoms with Gasteiger partial charge in [-0.2, -0.15) is 0 Å². The highest BCUT2D eigenvalue weighted by Crippen LogP contribution is 1.88. The number of hydrogen-bond acceptors (Lipinski definition) is 3. The first kappa shape index (κ1) is 13.1. The van der Waals surface area contributed by atoms with Crippen LogP contribution in [0.25, 0.3) is 0 Å². The summed E-state index contributed by atoms with van der Waals surface area (Å²) >= 11 is 0. The van der Waals surface area contributed by atoms with Gasteiger partial charge in [0.25, 0.3) is 0 Å². The molecule has 0 saturated heterocycles. The molecule has 0 aromatic carbocycles. The fraction of sp³-hybridized carbons (Fsp3) is 0.625. The summed E-state index contributed by atoms with van der Waals surface area (Å²) in [6.07, 6.45) is 1.79. The lowest BCUT2D eigenvalue weighted by Crippen LogP contribution is -2.26. The summed E-state index contributed by atoms with van der Waals surface area (Å²) < 4.78 is 21.0. The van der Waals surface area contributed by atoms with Crippen molar-refractivity contribution in [2.24, 2.45) is 5.14 Å². The summed E-state index contributed by atoms with van der Waals surface area (Å²) in [5, 5.41) is 7.33. The summed E-state index contributed by atoms with van der Waals surface area (Å²) in [6, 6.07) is 0. The molecule has 0 atom stereocenters. The molecule has 0 spiro atoms. The molecule has 0 aromatic heterocycles. The van der Waals surface area contributed by atoms with Crippen LogP contribution in [-0.4, -0.2) is 26.6 Å². The van der Waals surface area contributed by atoms with Gasteiger partial charge in [-0.1, -0.05) is 5.57 Å². The Morgan fingerprint density at radius 3 is 2.43 bits per heavy atom. The first-order valence-electron chi connectivity index (χ1n) is 4.24. The third-order valence-electron chi connectivity index (χ3n) is 1.32. The molecular formula is C8H16N2O3S. The number of hydrogen-bond donors (Lipinski definition) is 2. The standard InChI is InChI=1S/C8H16N2O3S/c1-7(2)6-8(11)10-4-3-5-14(9,12)13/h6H,3-5H2,1-2H3,(H,10,11)(H2,9,12,13). The van der Waals surface area contributed by atoms with Gasteiger partial charge >= 0.3 is 0 Å². The van der Waals surface area contributed by atoms with E-state index in [9.17, 15) is 13.2 Å². The quantitative estimate of drug-likeness (QED) is 0.494. The Labute approximate surface area is 84.4 Å². The molecule has 5 nitrogen and oxygen atoms in total. The molecule has 0 aromatic rings. The number of primary sulfonamides is 1. The van der Waals surface area contributed by atoms with Crippen molar-refractivity contribution >= 4 is 15.9 Å². The predicted octanol–water partition coefficient (Wildman–Crippen LogP) is -0.253. The van der Waals surface area contributed by atoms with E-state index in [-0.39, 0.29) is 11.7 Å². The molecular weight excluding hydrogens is 204 g/mol. The van der Waals surface area contributed by atoms with Gasteiger partial charge in [0.1, 0.15) is 0 Å². The third kappa shape index (κ3) is 9.21. The van der Waals surface area contributed by atoms with E-state index in [1.54, 1.807) is 0 Å². The lowest BCUT2D eigenvalue weighted by molar-refractivity contribution is -0.116. The topological polar surface area (TPSA) is 89.3 Å². The zero-order valence-electron chi connectivity index (χ0n) is 8.41. The summed E-state index contributed by atoms with van der Waals surface area (Å²) in [6.45, 7) is 3.94. The summed E-state index contributed by atoms with van der Waals surface area (Å²) in [5.41, 5.74) is 0.897. The summed E-state index contributed by atoms with van der Waals surface area (Å²) in [4.78, 5) is 11.0. The van der Waals surface area contributed by atoms with Crippen molar-refractivity contribution in [3.63, 3.8) is 0 Å². The number of nitrogens with one attached hydrogen (secondary N) is 1. The molecule has 0 aliphatic heterocycles. The van der Waals surface area contributed by atoms with E-state index in [2.05, 4.69) is 5.32 Å². The molecule has 0 aliphatic carbocycles. The molecule has 0 bridgehead atoms. The number of carbonyl (C=O) groups excluding carboxylic acids is 1. The Hall–Kier alpha value is -0.880. The van der Waals surface area contributed by atoms with Crippen LogP contribution in [0.4, 0.5) is 0 Å². The molecule has 0 rings (SSSR count). The second kappa shape index (κ2) is 5.77. The van der Waals surface area contributed by atoms with Gasteiger partial charge in [0, 0.05) is 12.6 Å².